The van der Waals surface area contributed by atoms with E-state index in [1.165, 1.54) is 16.5 Å². The lowest BCUT2D eigenvalue weighted by Gasteiger charge is -2.36. The Balaban J connectivity index is 1.62. The predicted octanol–water partition coefficient (Wildman–Crippen LogP) is 3.22. The first-order chi connectivity index (χ1) is 9.12. The highest BCUT2D eigenvalue weighted by Crippen LogP contribution is 2.24. The van der Waals surface area contributed by atoms with Crippen LogP contribution in [0.1, 0.15) is 32.3 Å². The number of ether oxygens (including phenoxy) is 1. The van der Waals surface area contributed by atoms with Gasteiger partial charge >= 0.3 is 0 Å². The molecule has 1 aliphatic heterocycles. The van der Waals surface area contributed by atoms with Gasteiger partial charge in [0.25, 0.3) is 0 Å². The average Bonchev–Trinajstić information content (AvgIpc) is 2.82. The van der Waals surface area contributed by atoms with Crippen molar-refractivity contribution in [3.63, 3.8) is 0 Å². The Labute approximate surface area is 114 Å². The Bertz CT molecular complexity index is 559. The molecule has 3 nitrogen and oxygen atoms in total. The van der Waals surface area contributed by atoms with Gasteiger partial charge in [0.1, 0.15) is 0 Å². The number of hydrogen-bond acceptors (Lipinski definition) is 2. The molecule has 1 aromatic heterocycles. The van der Waals surface area contributed by atoms with Crippen molar-refractivity contribution < 1.29 is 4.74 Å². The molecule has 1 aromatic carbocycles. The number of benzene rings is 1. The highest BCUT2D eigenvalue weighted by atomic mass is 16.5. The van der Waals surface area contributed by atoms with E-state index in [0.717, 1.165) is 26.0 Å². The minimum absolute atomic E-state index is 0.0132. The van der Waals surface area contributed by atoms with E-state index in [1.54, 1.807) is 0 Å². The van der Waals surface area contributed by atoms with Gasteiger partial charge in [-0.2, -0.15) is 0 Å². The van der Waals surface area contributed by atoms with Crippen LogP contribution < -0.4 is 5.32 Å². The summed E-state index contributed by atoms with van der Waals surface area (Å²) in [7, 11) is 0. The number of H-pyrrole nitrogens is 1. The SMILES string of the molecule is CC1(C)CC(NCc2ccc3cc[nH]c3c2)CCO1. The van der Waals surface area contributed by atoms with Gasteiger partial charge in [-0.05, 0) is 49.8 Å². The summed E-state index contributed by atoms with van der Waals surface area (Å²) in [5.41, 5.74) is 2.56. The Morgan fingerprint density at radius 3 is 3.11 bits per heavy atom. The summed E-state index contributed by atoms with van der Waals surface area (Å²) in [5, 5.41) is 4.93. The number of fused-ring (bicyclic) bond motifs is 1. The fourth-order valence-electron chi connectivity index (χ4n) is 2.87. The predicted molar refractivity (Wildman–Crippen MR) is 78.2 cm³/mol. The fraction of sp³-hybridized carbons (Fsp3) is 0.500. The van der Waals surface area contributed by atoms with Crippen LogP contribution in [-0.4, -0.2) is 23.2 Å². The van der Waals surface area contributed by atoms with Crippen LogP contribution in [0.15, 0.2) is 30.5 Å². The van der Waals surface area contributed by atoms with Gasteiger partial charge in [0.2, 0.25) is 0 Å². The molecule has 0 aliphatic carbocycles. The largest absolute Gasteiger partial charge is 0.375 e. The van der Waals surface area contributed by atoms with Gasteiger partial charge < -0.3 is 15.0 Å². The minimum Gasteiger partial charge on any atom is -0.375 e. The topological polar surface area (TPSA) is 37.0 Å². The van der Waals surface area contributed by atoms with E-state index in [-0.39, 0.29) is 5.60 Å². The number of aromatic nitrogens is 1. The second-order valence-corrected chi connectivity index (χ2v) is 6.08. The summed E-state index contributed by atoms with van der Waals surface area (Å²) >= 11 is 0. The molecule has 102 valence electrons. The molecule has 0 bridgehead atoms. The summed E-state index contributed by atoms with van der Waals surface area (Å²) < 4.78 is 5.75. The minimum atomic E-state index is 0.0132. The molecule has 1 unspecified atom stereocenters. The number of nitrogens with one attached hydrogen (secondary N) is 2. The zero-order valence-corrected chi connectivity index (χ0v) is 11.7. The van der Waals surface area contributed by atoms with Crippen molar-refractivity contribution >= 4 is 10.9 Å². The zero-order chi connectivity index (χ0) is 13.3. The van der Waals surface area contributed by atoms with Crippen LogP contribution in [0.2, 0.25) is 0 Å². The molecule has 1 atom stereocenters. The van der Waals surface area contributed by atoms with Crippen LogP contribution in [0.3, 0.4) is 0 Å². The van der Waals surface area contributed by atoms with Crippen molar-refractivity contribution in [2.75, 3.05) is 6.61 Å². The van der Waals surface area contributed by atoms with Gasteiger partial charge in [0.05, 0.1) is 5.60 Å². The van der Waals surface area contributed by atoms with Crippen LogP contribution in [0.5, 0.6) is 0 Å². The third-order valence-corrected chi connectivity index (χ3v) is 3.91. The van der Waals surface area contributed by atoms with Gasteiger partial charge in [0, 0.05) is 30.9 Å². The maximum Gasteiger partial charge on any atom is 0.0641 e. The second kappa shape index (κ2) is 4.99. The van der Waals surface area contributed by atoms with Gasteiger partial charge in [-0.1, -0.05) is 12.1 Å². The lowest BCUT2D eigenvalue weighted by molar-refractivity contribution is -0.0630. The molecule has 1 aliphatic rings. The van der Waals surface area contributed by atoms with Gasteiger partial charge in [0.15, 0.2) is 0 Å². The molecule has 19 heavy (non-hydrogen) atoms. The lowest BCUT2D eigenvalue weighted by atomic mass is 9.94. The normalized spacial score (nSPS) is 22.7. The van der Waals surface area contributed by atoms with Crippen molar-refractivity contribution in [3.05, 3.63) is 36.0 Å². The zero-order valence-electron chi connectivity index (χ0n) is 11.7. The molecule has 0 spiro atoms. The average molecular weight is 258 g/mol. The molecule has 3 rings (SSSR count). The van der Waals surface area contributed by atoms with E-state index in [2.05, 4.69) is 48.4 Å². The van der Waals surface area contributed by atoms with Crippen LogP contribution >= 0.6 is 0 Å². The van der Waals surface area contributed by atoms with Crippen molar-refractivity contribution in [1.29, 1.82) is 0 Å². The van der Waals surface area contributed by atoms with Crippen molar-refractivity contribution in [1.82, 2.24) is 10.3 Å². The van der Waals surface area contributed by atoms with Crippen LogP contribution in [0.25, 0.3) is 10.9 Å². The third-order valence-electron chi connectivity index (χ3n) is 3.91. The van der Waals surface area contributed by atoms with Crippen molar-refractivity contribution in [2.24, 2.45) is 0 Å². The molecule has 2 aromatic rings. The molecule has 0 amide bonds. The number of hydrogen-bond donors (Lipinski definition) is 2. The molecule has 0 radical (unpaired) electrons. The van der Waals surface area contributed by atoms with Gasteiger partial charge in [-0.3, -0.25) is 0 Å². The smallest absolute Gasteiger partial charge is 0.0641 e. The summed E-state index contributed by atoms with van der Waals surface area (Å²) in [6, 6.07) is 9.27. The monoisotopic (exact) mass is 258 g/mol. The van der Waals surface area contributed by atoms with E-state index >= 15 is 0 Å². The first-order valence-electron chi connectivity index (χ1n) is 7.06. The van der Waals surface area contributed by atoms with Crippen LogP contribution in [-0.2, 0) is 11.3 Å². The highest BCUT2D eigenvalue weighted by molar-refractivity contribution is 5.79. The molecular formula is C16H22N2O. The highest BCUT2D eigenvalue weighted by Gasteiger charge is 2.28. The Hall–Kier alpha value is -1.32. The van der Waals surface area contributed by atoms with Gasteiger partial charge in [-0.15, -0.1) is 0 Å². The Kier molecular flexibility index (Phi) is 3.33. The standard InChI is InChI=1S/C16H22N2O/c1-16(2)10-14(6-8-19-16)18-11-12-3-4-13-5-7-17-15(13)9-12/h3-5,7,9,14,17-18H,6,8,10-11H2,1-2H3. The number of rotatable bonds is 3. The first kappa shape index (κ1) is 12.7. The second-order valence-electron chi connectivity index (χ2n) is 6.08. The molecule has 1 fully saturated rings. The van der Waals surface area contributed by atoms with E-state index in [9.17, 15) is 0 Å². The third kappa shape index (κ3) is 2.99. The summed E-state index contributed by atoms with van der Waals surface area (Å²) in [4.78, 5) is 3.26. The maximum absolute atomic E-state index is 5.75. The fourth-order valence-corrected chi connectivity index (χ4v) is 2.87. The molecule has 3 heteroatoms. The van der Waals surface area contributed by atoms with E-state index in [4.69, 9.17) is 4.74 Å². The Morgan fingerprint density at radius 1 is 1.37 bits per heavy atom. The van der Waals surface area contributed by atoms with E-state index in [1.807, 2.05) is 6.20 Å². The van der Waals surface area contributed by atoms with Crippen molar-refractivity contribution in [3.8, 4) is 0 Å². The lowest BCUT2D eigenvalue weighted by Crippen LogP contribution is -2.43. The summed E-state index contributed by atoms with van der Waals surface area (Å²) in [6.45, 7) is 6.13. The molecular weight excluding hydrogens is 236 g/mol. The molecule has 2 N–H and O–H groups in total. The van der Waals surface area contributed by atoms with E-state index < -0.39 is 0 Å². The summed E-state index contributed by atoms with van der Waals surface area (Å²) in [5.74, 6) is 0. The maximum atomic E-state index is 5.75. The first-order valence-corrected chi connectivity index (χ1v) is 7.06. The quantitative estimate of drug-likeness (QED) is 0.887. The van der Waals surface area contributed by atoms with Crippen LogP contribution in [0.4, 0.5) is 0 Å². The van der Waals surface area contributed by atoms with Crippen LogP contribution in [0, 0.1) is 0 Å². The molecule has 0 saturated carbocycles. The molecule has 2 heterocycles. The number of aromatic amines is 1. The summed E-state index contributed by atoms with van der Waals surface area (Å²) in [6.07, 6.45) is 4.18. The molecule has 1 saturated heterocycles. The van der Waals surface area contributed by atoms with Gasteiger partial charge in [-0.25, -0.2) is 0 Å². The Morgan fingerprint density at radius 2 is 2.26 bits per heavy atom. The van der Waals surface area contributed by atoms with Crippen molar-refractivity contribution in [2.45, 2.75) is 44.9 Å². The van der Waals surface area contributed by atoms with E-state index in [0.29, 0.717) is 6.04 Å².